The standard InChI is InChI=1S/C14H21NO3/c1-16-9-11-10(8-14(15)6-7-14)12(17-2)4-5-13(11)18-3/h4-5H,6-9,15H2,1-3H3. The summed E-state index contributed by atoms with van der Waals surface area (Å²) in [4.78, 5) is 0. The molecular weight excluding hydrogens is 230 g/mol. The molecule has 1 aromatic carbocycles. The summed E-state index contributed by atoms with van der Waals surface area (Å²) in [6.45, 7) is 0.506. The molecule has 2 N–H and O–H groups in total. The molecule has 1 aliphatic rings. The second-order valence-electron chi connectivity index (χ2n) is 4.90. The van der Waals surface area contributed by atoms with Crippen molar-refractivity contribution in [2.24, 2.45) is 5.73 Å². The van der Waals surface area contributed by atoms with E-state index in [1.165, 1.54) is 0 Å². The van der Waals surface area contributed by atoms with Crippen LogP contribution < -0.4 is 15.2 Å². The highest BCUT2D eigenvalue weighted by Crippen LogP contribution is 2.41. The SMILES string of the molecule is COCc1c(OC)ccc(OC)c1CC1(N)CC1. The molecule has 100 valence electrons. The second kappa shape index (κ2) is 5.16. The lowest BCUT2D eigenvalue weighted by atomic mass is 9.97. The van der Waals surface area contributed by atoms with Gasteiger partial charge in [-0.3, -0.25) is 0 Å². The van der Waals surface area contributed by atoms with Crippen molar-refractivity contribution in [1.29, 1.82) is 0 Å². The van der Waals surface area contributed by atoms with Gasteiger partial charge in [0.25, 0.3) is 0 Å². The van der Waals surface area contributed by atoms with Crippen molar-refractivity contribution in [3.05, 3.63) is 23.3 Å². The van der Waals surface area contributed by atoms with E-state index in [0.717, 1.165) is 41.9 Å². The number of benzene rings is 1. The quantitative estimate of drug-likeness (QED) is 0.838. The Bertz CT molecular complexity index is 427. The monoisotopic (exact) mass is 251 g/mol. The molecule has 2 rings (SSSR count). The summed E-state index contributed by atoms with van der Waals surface area (Å²) in [5.41, 5.74) is 8.30. The van der Waals surface area contributed by atoms with Crippen LogP contribution in [0.15, 0.2) is 12.1 Å². The molecule has 0 aliphatic heterocycles. The first-order chi connectivity index (χ1) is 8.63. The predicted molar refractivity (Wildman–Crippen MR) is 70.1 cm³/mol. The van der Waals surface area contributed by atoms with Gasteiger partial charge < -0.3 is 19.9 Å². The molecule has 4 nitrogen and oxygen atoms in total. The molecule has 0 amide bonds. The average molecular weight is 251 g/mol. The van der Waals surface area contributed by atoms with Crippen LogP contribution in [0.3, 0.4) is 0 Å². The Labute approximate surface area is 108 Å². The minimum Gasteiger partial charge on any atom is -0.496 e. The van der Waals surface area contributed by atoms with Crippen LogP contribution in [0.1, 0.15) is 24.0 Å². The number of rotatable bonds is 6. The Balaban J connectivity index is 2.42. The highest BCUT2D eigenvalue weighted by Gasteiger charge is 2.39. The zero-order valence-corrected chi connectivity index (χ0v) is 11.3. The first-order valence-corrected chi connectivity index (χ1v) is 6.14. The number of hydrogen-bond donors (Lipinski definition) is 1. The molecule has 0 bridgehead atoms. The fraction of sp³-hybridized carbons (Fsp3) is 0.571. The fourth-order valence-electron chi connectivity index (χ4n) is 2.22. The van der Waals surface area contributed by atoms with Crippen LogP contribution in [0.5, 0.6) is 11.5 Å². The van der Waals surface area contributed by atoms with E-state index in [1.54, 1.807) is 21.3 Å². The molecule has 18 heavy (non-hydrogen) atoms. The summed E-state index contributed by atoms with van der Waals surface area (Å²) in [6, 6.07) is 3.84. The van der Waals surface area contributed by atoms with Crippen LogP contribution in [0.2, 0.25) is 0 Å². The maximum atomic E-state index is 6.22. The molecule has 1 aromatic rings. The van der Waals surface area contributed by atoms with Crippen LogP contribution in [-0.4, -0.2) is 26.9 Å². The summed E-state index contributed by atoms with van der Waals surface area (Å²) in [7, 11) is 5.02. The normalized spacial score (nSPS) is 16.4. The lowest BCUT2D eigenvalue weighted by Crippen LogP contribution is -2.25. The van der Waals surface area contributed by atoms with Gasteiger partial charge in [0.1, 0.15) is 11.5 Å². The van der Waals surface area contributed by atoms with E-state index in [9.17, 15) is 0 Å². The molecule has 0 spiro atoms. The Kier molecular flexibility index (Phi) is 3.78. The largest absolute Gasteiger partial charge is 0.496 e. The Hall–Kier alpha value is -1.26. The van der Waals surface area contributed by atoms with Crippen LogP contribution in [0, 0.1) is 0 Å². The van der Waals surface area contributed by atoms with E-state index in [1.807, 2.05) is 12.1 Å². The Morgan fingerprint density at radius 3 is 2.06 bits per heavy atom. The number of methoxy groups -OCH3 is 3. The lowest BCUT2D eigenvalue weighted by Gasteiger charge is -2.19. The van der Waals surface area contributed by atoms with Crippen molar-refractivity contribution in [2.45, 2.75) is 31.4 Å². The van der Waals surface area contributed by atoms with E-state index < -0.39 is 0 Å². The first-order valence-electron chi connectivity index (χ1n) is 6.14. The van der Waals surface area contributed by atoms with Crippen molar-refractivity contribution in [1.82, 2.24) is 0 Å². The van der Waals surface area contributed by atoms with Crippen LogP contribution >= 0.6 is 0 Å². The summed E-state index contributed by atoms with van der Waals surface area (Å²) in [5, 5.41) is 0. The molecule has 0 unspecified atom stereocenters. The van der Waals surface area contributed by atoms with Gasteiger partial charge in [0.2, 0.25) is 0 Å². The van der Waals surface area contributed by atoms with Gasteiger partial charge in [-0.05, 0) is 31.4 Å². The topological polar surface area (TPSA) is 53.7 Å². The molecule has 0 heterocycles. The van der Waals surface area contributed by atoms with E-state index in [0.29, 0.717) is 6.61 Å². The maximum Gasteiger partial charge on any atom is 0.124 e. The molecule has 1 fully saturated rings. The maximum absolute atomic E-state index is 6.22. The molecular formula is C14H21NO3. The predicted octanol–water partition coefficient (Wildman–Crippen LogP) is 1.88. The van der Waals surface area contributed by atoms with Gasteiger partial charge >= 0.3 is 0 Å². The number of hydrogen-bond acceptors (Lipinski definition) is 4. The van der Waals surface area contributed by atoms with Gasteiger partial charge in [-0.15, -0.1) is 0 Å². The molecule has 0 saturated heterocycles. The third-order valence-corrected chi connectivity index (χ3v) is 3.49. The van der Waals surface area contributed by atoms with Crippen molar-refractivity contribution in [3.63, 3.8) is 0 Å². The third kappa shape index (κ3) is 2.60. The van der Waals surface area contributed by atoms with Crippen LogP contribution in [0.4, 0.5) is 0 Å². The molecule has 4 heteroatoms. The highest BCUT2D eigenvalue weighted by atomic mass is 16.5. The summed E-state index contributed by atoms with van der Waals surface area (Å²) in [6.07, 6.45) is 2.95. The number of nitrogens with two attached hydrogens (primary N) is 1. The summed E-state index contributed by atoms with van der Waals surface area (Å²) < 4.78 is 16.1. The van der Waals surface area contributed by atoms with E-state index in [-0.39, 0.29) is 5.54 Å². The third-order valence-electron chi connectivity index (χ3n) is 3.49. The molecule has 1 saturated carbocycles. The van der Waals surface area contributed by atoms with Crippen LogP contribution in [0.25, 0.3) is 0 Å². The smallest absolute Gasteiger partial charge is 0.124 e. The molecule has 0 aromatic heterocycles. The zero-order valence-electron chi connectivity index (χ0n) is 11.3. The zero-order chi connectivity index (χ0) is 13.2. The van der Waals surface area contributed by atoms with E-state index in [2.05, 4.69) is 0 Å². The molecule has 0 atom stereocenters. The molecule has 1 aliphatic carbocycles. The molecule has 0 radical (unpaired) electrons. The van der Waals surface area contributed by atoms with Crippen molar-refractivity contribution >= 4 is 0 Å². The van der Waals surface area contributed by atoms with Crippen molar-refractivity contribution < 1.29 is 14.2 Å². The van der Waals surface area contributed by atoms with Crippen LogP contribution in [-0.2, 0) is 17.8 Å². The minimum absolute atomic E-state index is 0.0673. The fourth-order valence-corrected chi connectivity index (χ4v) is 2.22. The van der Waals surface area contributed by atoms with E-state index >= 15 is 0 Å². The van der Waals surface area contributed by atoms with Gasteiger partial charge in [-0.2, -0.15) is 0 Å². The number of ether oxygens (including phenoxy) is 3. The highest BCUT2D eigenvalue weighted by molar-refractivity contribution is 5.49. The summed E-state index contributed by atoms with van der Waals surface area (Å²) >= 11 is 0. The van der Waals surface area contributed by atoms with Gasteiger partial charge in [-0.25, -0.2) is 0 Å². The first kappa shape index (κ1) is 13.2. The Morgan fingerprint density at radius 1 is 1.06 bits per heavy atom. The van der Waals surface area contributed by atoms with E-state index in [4.69, 9.17) is 19.9 Å². The van der Waals surface area contributed by atoms with Gasteiger partial charge in [0.15, 0.2) is 0 Å². The lowest BCUT2D eigenvalue weighted by molar-refractivity contribution is 0.180. The van der Waals surface area contributed by atoms with Gasteiger partial charge in [0, 0.05) is 23.8 Å². The van der Waals surface area contributed by atoms with Crippen molar-refractivity contribution in [2.75, 3.05) is 21.3 Å². The van der Waals surface area contributed by atoms with Gasteiger partial charge in [-0.1, -0.05) is 0 Å². The van der Waals surface area contributed by atoms with Gasteiger partial charge in [0.05, 0.1) is 20.8 Å². The summed E-state index contributed by atoms with van der Waals surface area (Å²) in [5.74, 6) is 1.69. The van der Waals surface area contributed by atoms with Crippen molar-refractivity contribution in [3.8, 4) is 11.5 Å². The minimum atomic E-state index is -0.0673. The second-order valence-corrected chi connectivity index (χ2v) is 4.90. The average Bonchev–Trinajstić information content (AvgIpc) is 3.09. The Morgan fingerprint density at radius 2 is 1.61 bits per heavy atom.